The highest BCUT2D eigenvalue weighted by Crippen LogP contribution is 2.28. The number of para-hydroxylation sites is 1. The molecule has 0 aliphatic heterocycles. The van der Waals surface area contributed by atoms with E-state index in [1.54, 1.807) is 12.1 Å². The number of hydrogen-bond donors (Lipinski definition) is 1. The van der Waals surface area contributed by atoms with Crippen LogP contribution in [0.3, 0.4) is 0 Å². The summed E-state index contributed by atoms with van der Waals surface area (Å²) in [6, 6.07) is 15.0. The molecular weight excluding hydrogens is 360 g/mol. The number of nitrogens with zero attached hydrogens (tertiary/aromatic N) is 1. The van der Waals surface area contributed by atoms with Gasteiger partial charge in [-0.1, -0.05) is 61.9 Å². The molecule has 0 saturated heterocycles. The van der Waals surface area contributed by atoms with E-state index in [1.165, 1.54) is 4.31 Å². The molecule has 0 radical (unpaired) electrons. The number of carbonyl (C=O) groups is 1. The van der Waals surface area contributed by atoms with E-state index in [2.05, 4.69) is 5.32 Å². The van der Waals surface area contributed by atoms with E-state index in [9.17, 15) is 13.2 Å². The first-order chi connectivity index (χ1) is 12.6. The van der Waals surface area contributed by atoms with Crippen molar-refractivity contribution in [2.45, 2.75) is 39.7 Å². The van der Waals surface area contributed by atoms with E-state index in [0.29, 0.717) is 5.69 Å². The zero-order valence-corrected chi connectivity index (χ0v) is 17.4. The summed E-state index contributed by atoms with van der Waals surface area (Å²) in [6.07, 6.45) is 1.13. The molecule has 0 aliphatic rings. The van der Waals surface area contributed by atoms with E-state index in [0.717, 1.165) is 22.9 Å². The standard InChI is InChI=1S/C21H28N2O3S/c1-15(2)19-8-6-7-9-20(19)23(27(5,25)26)14-21(24)22-17(4)18-12-10-16(3)11-13-18/h6-13,15,17H,14H2,1-5H3,(H,22,24)/t17-/m0/s1. The fourth-order valence-electron chi connectivity index (χ4n) is 2.94. The van der Waals surface area contributed by atoms with Gasteiger partial charge in [0.1, 0.15) is 6.54 Å². The maximum atomic E-state index is 12.6. The molecule has 0 unspecified atom stereocenters. The van der Waals surface area contributed by atoms with Gasteiger partial charge < -0.3 is 5.32 Å². The highest BCUT2D eigenvalue weighted by Gasteiger charge is 2.24. The summed E-state index contributed by atoms with van der Waals surface area (Å²) < 4.78 is 25.9. The molecule has 2 aromatic carbocycles. The Morgan fingerprint density at radius 1 is 1.04 bits per heavy atom. The molecular formula is C21H28N2O3S. The maximum Gasteiger partial charge on any atom is 0.241 e. The average molecular weight is 389 g/mol. The third-order valence-corrected chi connectivity index (χ3v) is 5.60. The van der Waals surface area contributed by atoms with Crippen LogP contribution in [0.15, 0.2) is 48.5 Å². The molecule has 0 aromatic heterocycles. The van der Waals surface area contributed by atoms with Gasteiger partial charge in [-0.3, -0.25) is 9.10 Å². The minimum Gasteiger partial charge on any atom is -0.348 e. The minimum absolute atomic E-state index is 0.139. The molecule has 0 heterocycles. The van der Waals surface area contributed by atoms with Gasteiger partial charge in [-0.25, -0.2) is 8.42 Å². The van der Waals surface area contributed by atoms with Crippen molar-refractivity contribution in [3.05, 3.63) is 65.2 Å². The van der Waals surface area contributed by atoms with Gasteiger partial charge in [-0.15, -0.1) is 0 Å². The molecule has 0 aliphatic carbocycles. The zero-order chi connectivity index (χ0) is 20.2. The molecule has 0 saturated carbocycles. The van der Waals surface area contributed by atoms with Crippen molar-refractivity contribution in [1.29, 1.82) is 0 Å². The molecule has 5 nitrogen and oxygen atoms in total. The minimum atomic E-state index is -3.60. The normalized spacial score (nSPS) is 12.7. The number of amides is 1. The quantitative estimate of drug-likeness (QED) is 0.785. The third kappa shape index (κ3) is 5.57. The molecule has 27 heavy (non-hydrogen) atoms. The van der Waals surface area contributed by atoms with Gasteiger partial charge in [0.05, 0.1) is 18.0 Å². The number of benzene rings is 2. The Hall–Kier alpha value is -2.34. The summed E-state index contributed by atoms with van der Waals surface area (Å²) in [4.78, 5) is 12.6. The lowest BCUT2D eigenvalue weighted by molar-refractivity contribution is -0.120. The Morgan fingerprint density at radius 2 is 1.63 bits per heavy atom. The second-order valence-corrected chi connectivity index (χ2v) is 9.09. The molecule has 6 heteroatoms. The summed E-state index contributed by atoms with van der Waals surface area (Å²) in [7, 11) is -3.60. The number of sulfonamides is 1. The zero-order valence-electron chi connectivity index (χ0n) is 16.6. The molecule has 1 atom stereocenters. The molecule has 2 aromatic rings. The Bertz CT molecular complexity index is 890. The third-order valence-electron chi connectivity index (χ3n) is 4.47. The number of rotatable bonds is 7. The Balaban J connectivity index is 2.22. The second kappa shape index (κ2) is 8.57. The Kier molecular flexibility index (Phi) is 6.65. The smallest absolute Gasteiger partial charge is 0.241 e. The van der Waals surface area contributed by atoms with Gasteiger partial charge in [0.25, 0.3) is 0 Å². The first kappa shape index (κ1) is 21.0. The van der Waals surface area contributed by atoms with Crippen LogP contribution in [-0.4, -0.2) is 27.1 Å². The average Bonchev–Trinajstić information content (AvgIpc) is 2.59. The Labute approximate surface area is 162 Å². The van der Waals surface area contributed by atoms with Crippen molar-refractivity contribution in [2.75, 3.05) is 17.1 Å². The first-order valence-corrected chi connectivity index (χ1v) is 10.9. The number of carbonyl (C=O) groups excluding carboxylic acids is 1. The monoisotopic (exact) mass is 388 g/mol. The predicted octanol–water partition coefficient (Wildman–Crippen LogP) is 3.76. The lowest BCUT2D eigenvalue weighted by atomic mass is 10.0. The molecule has 1 N–H and O–H groups in total. The number of nitrogens with one attached hydrogen (secondary N) is 1. The summed E-state index contributed by atoms with van der Waals surface area (Å²) in [5.74, 6) is -0.202. The highest BCUT2D eigenvalue weighted by atomic mass is 32.2. The van der Waals surface area contributed by atoms with Crippen molar-refractivity contribution < 1.29 is 13.2 Å². The highest BCUT2D eigenvalue weighted by molar-refractivity contribution is 7.92. The molecule has 146 valence electrons. The molecule has 0 bridgehead atoms. The first-order valence-electron chi connectivity index (χ1n) is 9.02. The van der Waals surface area contributed by atoms with Crippen LogP contribution in [0.1, 0.15) is 49.4 Å². The number of aryl methyl sites for hydroxylation is 1. The lowest BCUT2D eigenvalue weighted by Crippen LogP contribution is -2.41. The van der Waals surface area contributed by atoms with E-state index in [-0.39, 0.29) is 24.4 Å². The van der Waals surface area contributed by atoms with Crippen LogP contribution >= 0.6 is 0 Å². The maximum absolute atomic E-state index is 12.6. The molecule has 0 fully saturated rings. The number of hydrogen-bond acceptors (Lipinski definition) is 3. The fourth-order valence-corrected chi connectivity index (χ4v) is 3.82. The largest absolute Gasteiger partial charge is 0.348 e. The van der Waals surface area contributed by atoms with Gasteiger partial charge in [0.15, 0.2) is 0 Å². The molecule has 0 spiro atoms. The van der Waals surface area contributed by atoms with Crippen LogP contribution < -0.4 is 9.62 Å². The van der Waals surface area contributed by atoms with Gasteiger partial charge >= 0.3 is 0 Å². The van der Waals surface area contributed by atoms with Crippen LogP contribution in [-0.2, 0) is 14.8 Å². The fraction of sp³-hybridized carbons (Fsp3) is 0.381. The van der Waals surface area contributed by atoms with E-state index < -0.39 is 10.0 Å². The van der Waals surface area contributed by atoms with Crippen molar-refractivity contribution in [2.24, 2.45) is 0 Å². The van der Waals surface area contributed by atoms with Gasteiger partial charge in [0.2, 0.25) is 15.9 Å². The lowest BCUT2D eigenvalue weighted by Gasteiger charge is -2.26. The topological polar surface area (TPSA) is 66.5 Å². The van der Waals surface area contributed by atoms with Crippen LogP contribution in [0.4, 0.5) is 5.69 Å². The van der Waals surface area contributed by atoms with Crippen molar-refractivity contribution in [1.82, 2.24) is 5.32 Å². The summed E-state index contributed by atoms with van der Waals surface area (Å²) >= 11 is 0. The van der Waals surface area contributed by atoms with Crippen molar-refractivity contribution in [3.63, 3.8) is 0 Å². The van der Waals surface area contributed by atoms with Crippen LogP contribution in [0, 0.1) is 6.92 Å². The predicted molar refractivity (Wildman–Crippen MR) is 110 cm³/mol. The van der Waals surface area contributed by atoms with E-state index in [4.69, 9.17) is 0 Å². The van der Waals surface area contributed by atoms with Gasteiger partial charge in [-0.05, 0) is 37.0 Å². The molecule has 2 rings (SSSR count). The van der Waals surface area contributed by atoms with Crippen LogP contribution in [0.25, 0.3) is 0 Å². The summed E-state index contributed by atoms with van der Waals surface area (Å²) in [6.45, 7) is 7.63. The van der Waals surface area contributed by atoms with Gasteiger partial charge in [-0.2, -0.15) is 0 Å². The summed E-state index contributed by atoms with van der Waals surface area (Å²) in [5, 5.41) is 2.89. The van der Waals surface area contributed by atoms with Crippen LogP contribution in [0.5, 0.6) is 0 Å². The number of anilines is 1. The second-order valence-electron chi connectivity index (χ2n) is 7.18. The van der Waals surface area contributed by atoms with E-state index >= 15 is 0 Å². The van der Waals surface area contributed by atoms with Crippen LogP contribution in [0.2, 0.25) is 0 Å². The SMILES string of the molecule is Cc1ccc([C@H](C)NC(=O)CN(c2ccccc2C(C)C)S(C)(=O)=O)cc1. The van der Waals surface area contributed by atoms with Gasteiger partial charge in [0, 0.05) is 0 Å². The van der Waals surface area contributed by atoms with E-state index in [1.807, 2.05) is 64.1 Å². The Morgan fingerprint density at radius 3 is 2.19 bits per heavy atom. The van der Waals surface area contributed by atoms with Crippen molar-refractivity contribution >= 4 is 21.6 Å². The van der Waals surface area contributed by atoms with Crippen molar-refractivity contribution in [3.8, 4) is 0 Å². The molecule has 1 amide bonds. The summed E-state index contributed by atoms with van der Waals surface area (Å²) in [5.41, 5.74) is 3.56.